The van der Waals surface area contributed by atoms with Crippen molar-refractivity contribution in [3.05, 3.63) is 64.0 Å². The van der Waals surface area contributed by atoms with Crippen molar-refractivity contribution in [2.75, 3.05) is 0 Å². The molecule has 0 spiro atoms. The fourth-order valence-corrected chi connectivity index (χ4v) is 5.04. The lowest BCUT2D eigenvalue weighted by Crippen LogP contribution is -2.42. The van der Waals surface area contributed by atoms with Gasteiger partial charge in [0.1, 0.15) is 5.76 Å². The molecule has 1 aromatic carbocycles. The predicted octanol–water partition coefficient (Wildman–Crippen LogP) is 5.24. The minimum absolute atomic E-state index is 0.0250. The van der Waals surface area contributed by atoms with E-state index in [4.69, 9.17) is 4.42 Å². The third kappa shape index (κ3) is 3.55. The Morgan fingerprint density at radius 3 is 2.50 bits per heavy atom. The highest BCUT2D eigenvalue weighted by Crippen LogP contribution is 2.40. The van der Waals surface area contributed by atoms with Gasteiger partial charge in [-0.2, -0.15) is 0 Å². The van der Waals surface area contributed by atoms with Crippen molar-refractivity contribution in [1.29, 1.82) is 0 Å². The Morgan fingerprint density at radius 2 is 1.82 bits per heavy atom. The summed E-state index contributed by atoms with van der Waals surface area (Å²) in [6, 6.07) is 9.76. The van der Waals surface area contributed by atoms with Crippen LogP contribution in [0.15, 0.2) is 45.9 Å². The molecule has 2 aromatic rings. The molecular weight excluding hydrogens is 370 g/mol. The standard InChI is InChI=1S/C23H25NO3S/c1-15-10-11-17(13-16(15)2)20-21(28-14-19-9-6-12-27-19)23(26)24(22(20)25)18-7-4-3-5-8-18/h6,9-13,18H,3-5,7-8,14H2,1-2H3. The Hall–Kier alpha value is -2.27. The van der Waals surface area contributed by atoms with Crippen LogP contribution in [0, 0.1) is 13.8 Å². The van der Waals surface area contributed by atoms with Gasteiger partial charge < -0.3 is 4.42 Å². The zero-order chi connectivity index (χ0) is 19.7. The Labute approximate surface area is 170 Å². The fraction of sp³-hybridized carbons (Fsp3) is 0.391. The predicted molar refractivity (Wildman–Crippen MR) is 112 cm³/mol. The number of imide groups is 1. The average Bonchev–Trinajstić information content (AvgIpc) is 3.29. The molecule has 28 heavy (non-hydrogen) atoms. The molecule has 5 heteroatoms. The number of carbonyl (C=O) groups excluding carboxylic acids is 2. The summed E-state index contributed by atoms with van der Waals surface area (Å²) in [5, 5.41) is 0. The van der Waals surface area contributed by atoms with Gasteiger partial charge in [-0.3, -0.25) is 14.5 Å². The summed E-state index contributed by atoms with van der Waals surface area (Å²) < 4.78 is 5.42. The lowest BCUT2D eigenvalue weighted by molar-refractivity contribution is -0.139. The van der Waals surface area contributed by atoms with Crippen LogP contribution in [0.2, 0.25) is 0 Å². The molecule has 146 valence electrons. The van der Waals surface area contributed by atoms with Crippen molar-refractivity contribution in [3.63, 3.8) is 0 Å². The Bertz CT molecular complexity index is 923. The van der Waals surface area contributed by atoms with Crippen LogP contribution in [0.1, 0.15) is 54.6 Å². The van der Waals surface area contributed by atoms with Gasteiger partial charge in [-0.05, 0) is 55.5 Å². The van der Waals surface area contributed by atoms with Crippen LogP contribution in [0.4, 0.5) is 0 Å². The number of benzene rings is 1. The minimum Gasteiger partial charge on any atom is -0.468 e. The summed E-state index contributed by atoms with van der Waals surface area (Å²) in [7, 11) is 0. The highest BCUT2D eigenvalue weighted by atomic mass is 32.2. The van der Waals surface area contributed by atoms with E-state index in [0.717, 1.165) is 42.6 Å². The van der Waals surface area contributed by atoms with E-state index in [1.807, 2.05) is 37.3 Å². The molecule has 1 aromatic heterocycles. The van der Waals surface area contributed by atoms with Crippen LogP contribution in [0.25, 0.3) is 5.57 Å². The number of hydrogen-bond donors (Lipinski definition) is 0. The first kappa shape index (κ1) is 19.1. The molecule has 1 aliphatic heterocycles. The van der Waals surface area contributed by atoms with E-state index in [-0.39, 0.29) is 17.9 Å². The van der Waals surface area contributed by atoms with E-state index in [1.165, 1.54) is 28.6 Å². The summed E-state index contributed by atoms with van der Waals surface area (Å²) in [6.45, 7) is 4.09. The molecular formula is C23H25NO3S. The normalized spacial score (nSPS) is 18.4. The van der Waals surface area contributed by atoms with Gasteiger partial charge in [0.05, 0.1) is 22.5 Å². The zero-order valence-electron chi connectivity index (χ0n) is 16.4. The monoisotopic (exact) mass is 395 g/mol. The molecule has 0 bridgehead atoms. The summed E-state index contributed by atoms with van der Waals surface area (Å²) in [6.07, 6.45) is 6.79. The quantitative estimate of drug-likeness (QED) is 0.650. The maximum Gasteiger partial charge on any atom is 0.268 e. The van der Waals surface area contributed by atoms with E-state index in [1.54, 1.807) is 6.26 Å². The number of amides is 2. The highest BCUT2D eigenvalue weighted by Gasteiger charge is 2.43. The van der Waals surface area contributed by atoms with Gasteiger partial charge in [-0.1, -0.05) is 37.5 Å². The first-order valence-electron chi connectivity index (χ1n) is 9.91. The van der Waals surface area contributed by atoms with Crippen molar-refractivity contribution < 1.29 is 14.0 Å². The third-order valence-electron chi connectivity index (χ3n) is 5.75. The van der Waals surface area contributed by atoms with Gasteiger partial charge in [0.15, 0.2) is 0 Å². The highest BCUT2D eigenvalue weighted by molar-refractivity contribution is 8.03. The van der Waals surface area contributed by atoms with Crippen molar-refractivity contribution in [1.82, 2.24) is 4.90 Å². The van der Waals surface area contributed by atoms with Gasteiger partial charge >= 0.3 is 0 Å². The number of thioether (sulfide) groups is 1. The van der Waals surface area contributed by atoms with E-state index in [0.29, 0.717) is 16.2 Å². The number of aryl methyl sites for hydroxylation is 2. The third-order valence-corrected chi connectivity index (χ3v) is 6.84. The molecule has 0 radical (unpaired) electrons. The van der Waals surface area contributed by atoms with Crippen LogP contribution in [0.3, 0.4) is 0 Å². The summed E-state index contributed by atoms with van der Waals surface area (Å²) in [4.78, 5) is 28.8. The van der Waals surface area contributed by atoms with Crippen molar-refractivity contribution in [2.45, 2.75) is 57.7 Å². The summed E-state index contributed by atoms with van der Waals surface area (Å²) >= 11 is 1.41. The van der Waals surface area contributed by atoms with Gasteiger partial charge in [-0.15, -0.1) is 11.8 Å². The molecule has 2 heterocycles. The van der Waals surface area contributed by atoms with Crippen molar-refractivity contribution >= 4 is 29.1 Å². The molecule has 4 nitrogen and oxygen atoms in total. The van der Waals surface area contributed by atoms with Crippen LogP contribution in [-0.4, -0.2) is 22.8 Å². The summed E-state index contributed by atoms with van der Waals surface area (Å²) in [5.41, 5.74) is 3.68. The molecule has 0 saturated heterocycles. The number of carbonyl (C=O) groups is 2. The number of rotatable bonds is 5. The molecule has 0 unspecified atom stereocenters. The van der Waals surface area contributed by atoms with Gasteiger partial charge in [-0.25, -0.2) is 0 Å². The molecule has 1 fully saturated rings. The minimum atomic E-state index is -0.137. The lowest BCUT2D eigenvalue weighted by Gasteiger charge is -2.29. The smallest absolute Gasteiger partial charge is 0.268 e. The van der Waals surface area contributed by atoms with E-state index < -0.39 is 0 Å². The van der Waals surface area contributed by atoms with E-state index >= 15 is 0 Å². The molecule has 2 amide bonds. The van der Waals surface area contributed by atoms with Gasteiger partial charge in [0.2, 0.25) is 0 Å². The average molecular weight is 396 g/mol. The van der Waals surface area contributed by atoms with Crippen LogP contribution in [-0.2, 0) is 15.3 Å². The van der Waals surface area contributed by atoms with Crippen molar-refractivity contribution in [2.24, 2.45) is 0 Å². The maximum atomic E-state index is 13.4. The topological polar surface area (TPSA) is 50.5 Å². The Balaban J connectivity index is 1.71. The Morgan fingerprint density at radius 1 is 1.04 bits per heavy atom. The first-order chi connectivity index (χ1) is 13.6. The molecule has 0 atom stereocenters. The molecule has 0 N–H and O–H groups in total. The van der Waals surface area contributed by atoms with E-state index in [2.05, 4.69) is 6.92 Å². The summed E-state index contributed by atoms with van der Waals surface area (Å²) in [5.74, 6) is 1.06. The molecule has 2 aliphatic rings. The molecule has 1 saturated carbocycles. The lowest BCUT2D eigenvalue weighted by atomic mass is 9.94. The SMILES string of the molecule is Cc1ccc(C2=C(SCc3ccco3)C(=O)N(C3CCCCC3)C2=O)cc1C. The van der Waals surface area contributed by atoms with E-state index in [9.17, 15) is 9.59 Å². The van der Waals surface area contributed by atoms with Gasteiger partial charge in [0, 0.05) is 6.04 Å². The number of furan rings is 1. The fourth-order valence-electron chi connectivity index (χ4n) is 4.02. The number of nitrogens with zero attached hydrogens (tertiary/aromatic N) is 1. The second-order valence-corrected chi connectivity index (χ2v) is 8.63. The second-order valence-electron chi connectivity index (χ2n) is 7.64. The van der Waals surface area contributed by atoms with Gasteiger partial charge in [0.25, 0.3) is 11.8 Å². The first-order valence-corrected chi connectivity index (χ1v) is 10.9. The van der Waals surface area contributed by atoms with Crippen LogP contribution < -0.4 is 0 Å². The molecule has 4 rings (SSSR count). The zero-order valence-corrected chi connectivity index (χ0v) is 17.2. The largest absolute Gasteiger partial charge is 0.468 e. The molecule has 1 aliphatic carbocycles. The van der Waals surface area contributed by atoms with Crippen molar-refractivity contribution in [3.8, 4) is 0 Å². The number of hydrogen-bond acceptors (Lipinski definition) is 4. The maximum absolute atomic E-state index is 13.4. The van der Waals surface area contributed by atoms with Crippen LogP contribution >= 0.6 is 11.8 Å². The van der Waals surface area contributed by atoms with Crippen LogP contribution in [0.5, 0.6) is 0 Å². The Kier molecular flexibility index (Phi) is 5.44. The second kappa shape index (κ2) is 8.00.